The SMILES string of the molecule is C=CCOC(=O)NC(C(=O)NC(C)C(=O)Nc1ccc2c(c1)N1C(=O)c3cc(OC)c(OCCCC(=O)Nc4cn(C)c(C(=O)Nc5ccc(-c6cc(C(=O)OCC=C)n(C)c6)cc5)n4)cc3N(C(=O)O)[C@@H](OC)[C@@H]1C2)C(C)C. The zero-order valence-electron chi connectivity index (χ0n) is 44.6. The van der Waals surface area contributed by atoms with E-state index in [9.17, 15) is 43.5 Å². The molecule has 24 heteroatoms. The first-order valence-corrected chi connectivity index (χ1v) is 25.0. The molecule has 2 unspecified atom stereocenters. The summed E-state index contributed by atoms with van der Waals surface area (Å²) in [7, 11) is 6.02. The summed E-state index contributed by atoms with van der Waals surface area (Å²) in [6.45, 7) is 11.9. The van der Waals surface area contributed by atoms with Crippen molar-refractivity contribution in [2.45, 2.75) is 64.4 Å². The summed E-state index contributed by atoms with van der Waals surface area (Å²) in [5.41, 5.74) is 3.63. The Morgan fingerprint density at radius 3 is 2.18 bits per heavy atom. The molecule has 79 heavy (non-hydrogen) atoms. The third-order valence-corrected chi connectivity index (χ3v) is 12.9. The number of hydrogen-bond acceptors (Lipinski definition) is 14. The number of nitrogens with zero attached hydrogens (tertiary/aromatic N) is 5. The lowest BCUT2D eigenvalue weighted by molar-refractivity contribution is -0.128. The predicted octanol–water partition coefficient (Wildman–Crippen LogP) is 6.25. The summed E-state index contributed by atoms with van der Waals surface area (Å²) < 4.78 is 30.8. The van der Waals surface area contributed by atoms with Crippen LogP contribution >= 0.6 is 0 Å². The van der Waals surface area contributed by atoms with Gasteiger partial charge in [0.15, 0.2) is 23.5 Å². The summed E-state index contributed by atoms with van der Waals surface area (Å²) >= 11 is 0. The number of nitrogens with one attached hydrogen (secondary N) is 5. The average molecular weight is 1090 g/mol. The van der Waals surface area contributed by atoms with Crippen LogP contribution in [0.1, 0.15) is 70.6 Å². The zero-order valence-corrected chi connectivity index (χ0v) is 44.6. The number of fused-ring (bicyclic) bond motifs is 4. The number of esters is 1. The van der Waals surface area contributed by atoms with Gasteiger partial charge in [-0.15, -0.1) is 0 Å². The lowest BCUT2D eigenvalue weighted by Gasteiger charge is -2.33. The van der Waals surface area contributed by atoms with E-state index in [1.165, 1.54) is 61.1 Å². The Kier molecular flexibility index (Phi) is 18.2. The van der Waals surface area contributed by atoms with Gasteiger partial charge < -0.3 is 64.5 Å². The number of hydrogen-bond donors (Lipinski definition) is 6. The van der Waals surface area contributed by atoms with Gasteiger partial charge in [-0.25, -0.2) is 24.3 Å². The molecular formula is C55H62N10O14. The summed E-state index contributed by atoms with van der Waals surface area (Å²) in [4.78, 5) is 112. The number of carbonyl (C=O) groups excluding carboxylic acids is 7. The normalized spacial score (nSPS) is 15.0. The highest BCUT2D eigenvalue weighted by molar-refractivity contribution is 6.15. The Morgan fingerprint density at radius 2 is 1.51 bits per heavy atom. The maximum absolute atomic E-state index is 14.7. The number of aryl methyl sites for hydroxylation is 2. The minimum Gasteiger partial charge on any atom is -0.493 e. The molecule has 7 rings (SSSR count). The van der Waals surface area contributed by atoms with Crippen LogP contribution in [0.2, 0.25) is 0 Å². The third-order valence-electron chi connectivity index (χ3n) is 12.9. The van der Waals surface area contributed by atoms with Gasteiger partial charge in [-0.3, -0.25) is 28.9 Å². The Bertz CT molecular complexity index is 3180. The van der Waals surface area contributed by atoms with Crippen molar-refractivity contribution in [3.05, 3.63) is 121 Å². The standard InChI is InChI=1S/C55H62N10O14/c1-10-20-78-53(71)41-24-34(28-62(41)6)32-14-17-35(18-15-32)57-50(69)47-60-44(29-63(47)7)59-45(66)13-12-22-77-43-27-39-37(26-42(43)75-8)51(70)64-38-25-36(19-16-33(38)23-40(64)52(76-9)65(39)55(73)74)58-48(67)31(5)56-49(68)46(30(3)4)61-54(72)79-21-11-2/h10-11,14-19,24-31,40,46,52H,1-2,12-13,20-23H2,3-9H3,(H,56,68)(H,57,69)(H,58,67)(H,59,66)(H,61,72)(H,73,74)/t31?,40-,46?,52-/m0/s1. The maximum atomic E-state index is 14.7. The number of methoxy groups -OCH3 is 2. The highest BCUT2D eigenvalue weighted by Crippen LogP contribution is 2.45. The molecule has 2 aliphatic heterocycles. The fourth-order valence-electron chi connectivity index (χ4n) is 9.01. The second-order valence-electron chi connectivity index (χ2n) is 18.8. The van der Waals surface area contributed by atoms with E-state index in [0.29, 0.717) is 22.6 Å². The molecule has 5 aromatic rings. The molecule has 0 aliphatic carbocycles. The number of anilines is 5. The molecular weight excluding hydrogens is 1020 g/mol. The monoisotopic (exact) mass is 1090 g/mol. The number of carbonyl (C=O) groups is 8. The minimum atomic E-state index is -1.42. The van der Waals surface area contributed by atoms with Gasteiger partial charge in [-0.05, 0) is 73.2 Å². The van der Waals surface area contributed by atoms with Gasteiger partial charge in [0, 0.05) is 68.7 Å². The van der Waals surface area contributed by atoms with Crippen LogP contribution in [0.4, 0.5) is 38.2 Å². The molecule has 0 fully saturated rings. The number of benzene rings is 3. The Balaban J connectivity index is 0.974. The van der Waals surface area contributed by atoms with Crippen molar-refractivity contribution >= 4 is 76.3 Å². The topological polar surface area (TPSA) is 292 Å². The molecule has 4 heterocycles. The van der Waals surface area contributed by atoms with E-state index in [1.807, 2.05) is 0 Å². The van der Waals surface area contributed by atoms with Crippen LogP contribution in [-0.2, 0) is 49.1 Å². The molecule has 0 radical (unpaired) electrons. The first kappa shape index (κ1) is 57.3. The Hall–Kier alpha value is -9.45. The van der Waals surface area contributed by atoms with Gasteiger partial charge in [0.25, 0.3) is 11.8 Å². The van der Waals surface area contributed by atoms with Crippen molar-refractivity contribution in [3.8, 4) is 22.6 Å². The highest BCUT2D eigenvalue weighted by atomic mass is 16.5. The second-order valence-corrected chi connectivity index (χ2v) is 18.8. The van der Waals surface area contributed by atoms with Crippen molar-refractivity contribution < 1.29 is 67.1 Å². The van der Waals surface area contributed by atoms with Gasteiger partial charge in [0.1, 0.15) is 31.0 Å². The van der Waals surface area contributed by atoms with Gasteiger partial charge in [0.05, 0.1) is 31.0 Å². The molecule has 24 nitrogen and oxygen atoms in total. The van der Waals surface area contributed by atoms with Crippen molar-refractivity contribution in [2.75, 3.05) is 59.8 Å². The Labute approximate surface area is 454 Å². The molecule has 3 aromatic carbocycles. The number of amides is 7. The number of aromatic nitrogens is 3. The fraction of sp³-hybridized carbons (Fsp3) is 0.327. The average Bonchev–Trinajstić information content (AvgIpc) is 4.31. The largest absolute Gasteiger partial charge is 0.493 e. The van der Waals surface area contributed by atoms with E-state index in [-0.39, 0.29) is 85.1 Å². The van der Waals surface area contributed by atoms with E-state index in [1.54, 1.807) is 87.2 Å². The first-order valence-electron chi connectivity index (χ1n) is 25.0. The quantitative estimate of drug-likeness (QED) is 0.0254. The van der Waals surface area contributed by atoms with Crippen molar-refractivity contribution in [1.82, 2.24) is 24.8 Å². The summed E-state index contributed by atoms with van der Waals surface area (Å²) in [5, 5.41) is 24.1. The number of carboxylic acid groups (broad SMARTS) is 1. The Morgan fingerprint density at radius 1 is 0.797 bits per heavy atom. The lowest BCUT2D eigenvalue weighted by Crippen LogP contribution is -2.53. The van der Waals surface area contributed by atoms with Crippen LogP contribution in [0.25, 0.3) is 11.1 Å². The van der Waals surface area contributed by atoms with Crippen LogP contribution in [0.3, 0.4) is 0 Å². The highest BCUT2D eigenvalue weighted by Gasteiger charge is 2.48. The molecule has 0 saturated carbocycles. The van der Waals surface area contributed by atoms with Gasteiger partial charge >= 0.3 is 18.2 Å². The first-order chi connectivity index (χ1) is 37.8. The van der Waals surface area contributed by atoms with Gasteiger partial charge in [-0.2, -0.15) is 0 Å². The predicted molar refractivity (Wildman–Crippen MR) is 290 cm³/mol. The number of imidazole rings is 1. The summed E-state index contributed by atoms with van der Waals surface area (Å²) in [5.74, 6) is -3.27. The molecule has 416 valence electrons. The molecule has 7 amide bonds. The van der Waals surface area contributed by atoms with Crippen LogP contribution in [0, 0.1) is 5.92 Å². The molecule has 6 N–H and O–H groups in total. The number of ether oxygens (including phenoxy) is 5. The van der Waals surface area contributed by atoms with E-state index in [2.05, 4.69) is 44.7 Å². The van der Waals surface area contributed by atoms with E-state index < -0.39 is 72.0 Å². The summed E-state index contributed by atoms with van der Waals surface area (Å²) in [6, 6.07) is 13.4. The molecule has 0 saturated heterocycles. The molecule has 4 atom stereocenters. The van der Waals surface area contributed by atoms with E-state index in [0.717, 1.165) is 16.0 Å². The van der Waals surface area contributed by atoms with Crippen LogP contribution < -0.4 is 45.9 Å². The summed E-state index contributed by atoms with van der Waals surface area (Å²) in [6.07, 6.45) is 2.99. The minimum absolute atomic E-state index is 0.0260. The van der Waals surface area contributed by atoms with Crippen molar-refractivity contribution in [1.29, 1.82) is 0 Å². The van der Waals surface area contributed by atoms with Gasteiger partial charge in [-0.1, -0.05) is 57.4 Å². The molecule has 0 bridgehead atoms. The van der Waals surface area contributed by atoms with E-state index >= 15 is 0 Å². The zero-order chi connectivity index (χ0) is 57.2. The second kappa shape index (κ2) is 25.1. The van der Waals surface area contributed by atoms with Crippen LogP contribution in [-0.4, -0.2) is 125 Å². The van der Waals surface area contributed by atoms with Gasteiger partial charge in [0.2, 0.25) is 23.5 Å². The van der Waals surface area contributed by atoms with Crippen LogP contribution in [0.5, 0.6) is 11.5 Å². The van der Waals surface area contributed by atoms with Crippen LogP contribution in [0.15, 0.2) is 98.4 Å². The fourth-order valence-corrected chi connectivity index (χ4v) is 9.01. The molecule has 2 aromatic heterocycles. The molecule has 2 aliphatic rings. The lowest BCUT2D eigenvalue weighted by atomic mass is 10.0. The number of rotatable bonds is 22. The van der Waals surface area contributed by atoms with Crippen molar-refractivity contribution in [3.63, 3.8) is 0 Å². The third kappa shape index (κ3) is 13.0. The van der Waals surface area contributed by atoms with Crippen molar-refractivity contribution in [2.24, 2.45) is 20.0 Å². The molecule has 0 spiro atoms. The maximum Gasteiger partial charge on any atom is 0.414 e. The number of alkyl carbamates (subject to hydrolysis) is 1. The van der Waals surface area contributed by atoms with E-state index in [4.69, 9.17) is 23.7 Å². The smallest absolute Gasteiger partial charge is 0.414 e.